The van der Waals surface area contributed by atoms with Crippen molar-refractivity contribution in [1.29, 1.82) is 0 Å². The van der Waals surface area contributed by atoms with Gasteiger partial charge in [-0.15, -0.1) is 0 Å². The Balaban J connectivity index is 2.28. The van der Waals surface area contributed by atoms with Crippen LogP contribution in [0.1, 0.15) is 6.92 Å². The number of anilines is 1. The molecule has 0 saturated heterocycles. The van der Waals surface area contributed by atoms with Crippen molar-refractivity contribution in [1.82, 2.24) is 0 Å². The summed E-state index contributed by atoms with van der Waals surface area (Å²) in [5, 5.41) is 2.63. The lowest BCUT2D eigenvalue weighted by Crippen LogP contribution is -2.11. The van der Waals surface area contributed by atoms with E-state index in [-0.39, 0.29) is 31.6 Å². The fourth-order valence-corrected chi connectivity index (χ4v) is 3.57. The van der Waals surface area contributed by atoms with Crippen LogP contribution in [-0.4, -0.2) is 14.3 Å². The highest BCUT2D eigenvalue weighted by atomic mass is 35.5. The number of nitrogens with one attached hydrogen (secondary N) is 1. The van der Waals surface area contributed by atoms with E-state index in [0.717, 1.165) is 6.07 Å². The summed E-state index contributed by atoms with van der Waals surface area (Å²) in [6, 6.07) is 8.14. The molecule has 0 aromatic heterocycles. The highest BCUT2D eigenvalue weighted by molar-refractivity contribution is 7.87. The van der Waals surface area contributed by atoms with Crippen LogP contribution >= 0.6 is 34.8 Å². The monoisotopic (exact) mass is 393 g/mol. The quantitative estimate of drug-likeness (QED) is 0.617. The number of amides is 1. The van der Waals surface area contributed by atoms with Crippen molar-refractivity contribution in [2.45, 2.75) is 11.8 Å². The van der Waals surface area contributed by atoms with Gasteiger partial charge in [-0.25, -0.2) is 0 Å². The lowest BCUT2D eigenvalue weighted by molar-refractivity contribution is -0.114. The second-order valence-electron chi connectivity index (χ2n) is 4.44. The summed E-state index contributed by atoms with van der Waals surface area (Å²) < 4.78 is 29.5. The zero-order valence-electron chi connectivity index (χ0n) is 11.6. The summed E-state index contributed by atoms with van der Waals surface area (Å²) in [7, 11) is -4.18. The van der Waals surface area contributed by atoms with Gasteiger partial charge in [0.25, 0.3) is 0 Å². The fourth-order valence-electron chi connectivity index (χ4n) is 1.66. The van der Waals surface area contributed by atoms with E-state index in [2.05, 4.69) is 5.32 Å². The molecule has 1 amide bonds. The molecule has 2 rings (SSSR count). The molecular weight excluding hydrogens is 385 g/mol. The third kappa shape index (κ3) is 4.51. The molecule has 0 spiro atoms. The van der Waals surface area contributed by atoms with Gasteiger partial charge < -0.3 is 9.50 Å². The number of carbonyl (C=O) groups is 1. The average Bonchev–Trinajstić information content (AvgIpc) is 2.44. The van der Waals surface area contributed by atoms with Crippen LogP contribution in [0.5, 0.6) is 5.75 Å². The Morgan fingerprint density at radius 2 is 1.57 bits per heavy atom. The molecule has 0 aliphatic rings. The zero-order chi connectivity index (χ0) is 17.2. The SMILES string of the molecule is CC(=O)Nc1ccc(OS(=O)(=O)c2cc(Cl)c(Cl)cc2Cl)cc1. The smallest absolute Gasteiger partial charge is 0.340 e. The van der Waals surface area contributed by atoms with Gasteiger partial charge in [0.2, 0.25) is 5.91 Å². The maximum absolute atomic E-state index is 12.3. The van der Waals surface area contributed by atoms with Gasteiger partial charge in [-0.05, 0) is 36.4 Å². The molecule has 23 heavy (non-hydrogen) atoms. The summed E-state index contributed by atoms with van der Waals surface area (Å²) in [5.74, 6) is -0.185. The van der Waals surface area contributed by atoms with Crippen LogP contribution in [0.3, 0.4) is 0 Å². The van der Waals surface area contributed by atoms with Gasteiger partial charge in [0.05, 0.1) is 15.1 Å². The Labute approximate surface area is 148 Å². The molecule has 2 aromatic carbocycles. The zero-order valence-corrected chi connectivity index (χ0v) is 14.7. The summed E-state index contributed by atoms with van der Waals surface area (Å²) in [4.78, 5) is 10.6. The Morgan fingerprint density at radius 3 is 2.13 bits per heavy atom. The number of hydrogen-bond acceptors (Lipinski definition) is 4. The third-order valence-corrected chi connectivity index (χ3v) is 5.06. The van der Waals surface area contributed by atoms with E-state index in [0.29, 0.717) is 5.69 Å². The van der Waals surface area contributed by atoms with E-state index in [4.69, 9.17) is 39.0 Å². The minimum atomic E-state index is -4.18. The molecule has 1 N–H and O–H groups in total. The lowest BCUT2D eigenvalue weighted by atomic mass is 10.3. The highest BCUT2D eigenvalue weighted by Gasteiger charge is 2.22. The van der Waals surface area contributed by atoms with Gasteiger partial charge in [0.1, 0.15) is 10.6 Å². The first-order valence-electron chi connectivity index (χ1n) is 6.16. The van der Waals surface area contributed by atoms with Crippen molar-refractivity contribution in [3.63, 3.8) is 0 Å². The normalized spacial score (nSPS) is 11.1. The number of carbonyl (C=O) groups excluding carboxylic acids is 1. The Kier molecular flexibility index (Phi) is 5.41. The predicted octanol–water partition coefficient (Wildman–Crippen LogP) is 4.37. The molecule has 0 atom stereocenters. The first-order chi connectivity index (χ1) is 10.7. The molecule has 0 saturated carbocycles. The largest absolute Gasteiger partial charge is 0.379 e. The second-order valence-corrected chi connectivity index (χ2v) is 7.18. The molecule has 0 aliphatic carbocycles. The van der Waals surface area contributed by atoms with Crippen LogP contribution in [0, 0.1) is 0 Å². The van der Waals surface area contributed by atoms with E-state index in [1.54, 1.807) is 0 Å². The highest BCUT2D eigenvalue weighted by Crippen LogP contribution is 2.33. The van der Waals surface area contributed by atoms with Crippen molar-refractivity contribution in [3.8, 4) is 5.75 Å². The molecule has 0 bridgehead atoms. The molecular formula is C14H10Cl3NO4S. The molecule has 122 valence electrons. The minimum Gasteiger partial charge on any atom is -0.379 e. The van der Waals surface area contributed by atoms with Gasteiger partial charge in [-0.2, -0.15) is 8.42 Å². The van der Waals surface area contributed by atoms with Crippen LogP contribution in [0.25, 0.3) is 0 Å². The van der Waals surface area contributed by atoms with Crippen molar-refractivity contribution in [2.24, 2.45) is 0 Å². The predicted molar refractivity (Wildman–Crippen MR) is 90.0 cm³/mol. The van der Waals surface area contributed by atoms with Crippen LogP contribution < -0.4 is 9.50 Å². The molecule has 5 nitrogen and oxygen atoms in total. The summed E-state index contributed by atoms with van der Waals surface area (Å²) in [6.07, 6.45) is 0. The van der Waals surface area contributed by atoms with Crippen molar-refractivity contribution >= 4 is 56.5 Å². The molecule has 0 radical (unpaired) electrons. The van der Waals surface area contributed by atoms with Crippen molar-refractivity contribution in [2.75, 3.05) is 5.32 Å². The standard InChI is InChI=1S/C14H10Cl3NO4S/c1-8(19)18-9-2-4-10(5-3-9)22-23(20,21)14-7-12(16)11(15)6-13(14)17/h2-7H,1H3,(H,18,19). The van der Waals surface area contributed by atoms with E-state index in [9.17, 15) is 13.2 Å². The first-order valence-corrected chi connectivity index (χ1v) is 8.70. The van der Waals surface area contributed by atoms with Crippen LogP contribution in [0.2, 0.25) is 15.1 Å². The van der Waals surface area contributed by atoms with Crippen molar-refractivity contribution < 1.29 is 17.4 Å². The van der Waals surface area contributed by atoms with Gasteiger partial charge >= 0.3 is 10.1 Å². The molecule has 0 fully saturated rings. The van der Waals surface area contributed by atoms with Gasteiger partial charge in [-0.1, -0.05) is 34.8 Å². The number of benzene rings is 2. The van der Waals surface area contributed by atoms with Crippen LogP contribution in [-0.2, 0) is 14.9 Å². The maximum atomic E-state index is 12.3. The summed E-state index contributed by atoms with van der Waals surface area (Å²) in [6.45, 7) is 1.36. The summed E-state index contributed by atoms with van der Waals surface area (Å²) in [5.41, 5.74) is 0.509. The van der Waals surface area contributed by atoms with Gasteiger partial charge in [0.15, 0.2) is 0 Å². The fraction of sp³-hybridized carbons (Fsp3) is 0.0714. The second kappa shape index (κ2) is 6.97. The molecule has 2 aromatic rings. The molecule has 9 heteroatoms. The topological polar surface area (TPSA) is 72.5 Å². The van der Waals surface area contributed by atoms with E-state index >= 15 is 0 Å². The summed E-state index contributed by atoms with van der Waals surface area (Å²) >= 11 is 17.5. The molecule has 0 heterocycles. The van der Waals surface area contributed by atoms with Crippen molar-refractivity contribution in [3.05, 3.63) is 51.5 Å². The van der Waals surface area contributed by atoms with Crippen LogP contribution in [0.4, 0.5) is 5.69 Å². The van der Waals surface area contributed by atoms with E-state index in [1.807, 2.05) is 0 Å². The van der Waals surface area contributed by atoms with Gasteiger partial charge in [-0.3, -0.25) is 4.79 Å². The van der Waals surface area contributed by atoms with E-state index < -0.39 is 10.1 Å². The Morgan fingerprint density at radius 1 is 1.00 bits per heavy atom. The maximum Gasteiger partial charge on any atom is 0.340 e. The first kappa shape index (κ1) is 17.9. The third-order valence-electron chi connectivity index (χ3n) is 2.62. The average molecular weight is 395 g/mol. The molecule has 0 unspecified atom stereocenters. The minimum absolute atomic E-state index is 0.0410. The van der Waals surface area contributed by atoms with Crippen LogP contribution in [0.15, 0.2) is 41.3 Å². The van der Waals surface area contributed by atoms with E-state index in [1.165, 1.54) is 37.3 Å². The number of rotatable bonds is 4. The number of hydrogen-bond donors (Lipinski definition) is 1. The Hall–Kier alpha value is -1.47. The van der Waals surface area contributed by atoms with Gasteiger partial charge in [0, 0.05) is 12.6 Å². The molecule has 0 aliphatic heterocycles. The Bertz CT molecular complexity index is 851. The lowest BCUT2D eigenvalue weighted by Gasteiger charge is -2.10. The number of halogens is 3.